The van der Waals surface area contributed by atoms with E-state index in [2.05, 4.69) is 25.4 Å². The molecule has 0 aromatic carbocycles. The van der Waals surface area contributed by atoms with Crippen molar-refractivity contribution < 1.29 is 14.1 Å². The summed E-state index contributed by atoms with van der Waals surface area (Å²) in [6.45, 7) is 7.11. The monoisotopic (exact) mass is 345 g/mol. The standard InChI is InChI=1S/C17H23N5O3/c1-10(2)15-21-17(25-22-15)14(12-4-6-24-7-5-12)20-16(23)13-8-18-9-19-11(13)3/h8-10,12,14H,4-7H2,1-3H3,(H,20,23)/t14-/m1/s1. The van der Waals surface area contributed by atoms with E-state index in [0.29, 0.717) is 36.2 Å². The maximum absolute atomic E-state index is 12.7. The van der Waals surface area contributed by atoms with Gasteiger partial charge in [-0.15, -0.1) is 0 Å². The van der Waals surface area contributed by atoms with Gasteiger partial charge >= 0.3 is 0 Å². The fraction of sp³-hybridized carbons (Fsp3) is 0.588. The minimum absolute atomic E-state index is 0.160. The van der Waals surface area contributed by atoms with Crippen molar-refractivity contribution >= 4 is 5.91 Å². The third-order valence-corrected chi connectivity index (χ3v) is 4.42. The van der Waals surface area contributed by atoms with Crippen LogP contribution < -0.4 is 5.32 Å². The summed E-state index contributed by atoms with van der Waals surface area (Å²) in [6.07, 6.45) is 4.60. The molecule has 2 aromatic heterocycles. The molecule has 2 aromatic rings. The number of hydrogen-bond donors (Lipinski definition) is 1. The minimum atomic E-state index is -0.351. The second-order valence-corrected chi connectivity index (χ2v) is 6.57. The molecule has 0 unspecified atom stereocenters. The maximum Gasteiger partial charge on any atom is 0.255 e. The van der Waals surface area contributed by atoms with Crippen molar-refractivity contribution in [3.8, 4) is 0 Å². The first kappa shape index (κ1) is 17.5. The summed E-state index contributed by atoms with van der Waals surface area (Å²) in [6, 6.07) is -0.351. The molecule has 0 radical (unpaired) electrons. The lowest BCUT2D eigenvalue weighted by Gasteiger charge is -2.28. The van der Waals surface area contributed by atoms with Crippen molar-refractivity contribution in [3.63, 3.8) is 0 Å². The Morgan fingerprint density at radius 2 is 2.08 bits per heavy atom. The van der Waals surface area contributed by atoms with E-state index in [-0.39, 0.29) is 23.8 Å². The van der Waals surface area contributed by atoms with Crippen LogP contribution in [0.15, 0.2) is 17.0 Å². The van der Waals surface area contributed by atoms with Gasteiger partial charge in [0.05, 0.1) is 11.3 Å². The molecule has 0 spiro atoms. The van der Waals surface area contributed by atoms with Crippen LogP contribution in [0.3, 0.4) is 0 Å². The molecule has 8 nitrogen and oxygen atoms in total. The van der Waals surface area contributed by atoms with E-state index in [1.807, 2.05) is 13.8 Å². The van der Waals surface area contributed by atoms with E-state index in [1.165, 1.54) is 12.5 Å². The zero-order chi connectivity index (χ0) is 17.8. The van der Waals surface area contributed by atoms with Crippen LogP contribution in [-0.4, -0.2) is 39.2 Å². The highest BCUT2D eigenvalue weighted by molar-refractivity contribution is 5.95. The van der Waals surface area contributed by atoms with E-state index in [1.54, 1.807) is 6.92 Å². The molecule has 8 heteroatoms. The highest BCUT2D eigenvalue weighted by Crippen LogP contribution is 2.30. The van der Waals surface area contributed by atoms with Crippen LogP contribution in [0.4, 0.5) is 0 Å². The second kappa shape index (κ2) is 7.69. The molecule has 1 amide bonds. The van der Waals surface area contributed by atoms with Crippen molar-refractivity contribution in [1.29, 1.82) is 0 Å². The van der Waals surface area contributed by atoms with Gasteiger partial charge in [-0.05, 0) is 25.7 Å². The van der Waals surface area contributed by atoms with Gasteiger partial charge in [0.25, 0.3) is 5.91 Å². The number of carbonyl (C=O) groups is 1. The Morgan fingerprint density at radius 3 is 2.72 bits per heavy atom. The average Bonchev–Trinajstić information content (AvgIpc) is 3.11. The lowest BCUT2D eigenvalue weighted by molar-refractivity contribution is 0.0467. The van der Waals surface area contributed by atoms with Crippen LogP contribution in [0.1, 0.15) is 66.4 Å². The number of nitrogens with one attached hydrogen (secondary N) is 1. The quantitative estimate of drug-likeness (QED) is 0.886. The molecular weight excluding hydrogens is 322 g/mol. The van der Waals surface area contributed by atoms with E-state index in [4.69, 9.17) is 9.26 Å². The van der Waals surface area contributed by atoms with Crippen molar-refractivity contribution in [2.75, 3.05) is 13.2 Å². The van der Waals surface area contributed by atoms with Gasteiger partial charge in [0.1, 0.15) is 12.4 Å². The molecule has 3 rings (SSSR count). The van der Waals surface area contributed by atoms with Gasteiger partial charge in [-0.2, -0.15) is 4.98 Å². The van der Waals surface area contributed by atoms with Gasteiger partial charge in [-0.3, -0.25) is 4.79 Å². The van der Waals surface area contributed by atoms with Crippen LogP contribution in [0, 0.1) is 12.8 Å². The van der Waals surface area contributed by atoms with Crippen LogP contribution >= 0.6 is 0 Å². The summed E-state index contributed by atoms with van der Waals surface area (Å²) >= 11 is 0. The first-order chi connectivity index (χ1) is 12.1. The Kier molecular flexibility index (Phi) is 5.37. The van der Waals surface area contributed by atoms with Crippen LogP contribution in [0.5, 0.6) is 0 Å². The van der Waals surface area contributed by atoms with Crippen molar-refractivity contribution in [2.45, 2.75) is 45.6 Å². The third-order valence-electron chi connectivity index (χ3n) is 4.42. The van der Waals surface area contributed by atoms with Crippen molar-refractivity contribution in [2.24, 2.45) is 5.92 Å². The van der Waals surface area contributed by atoms with Crippen LogP contribution in [-0.2, 0) is 4.74 Å². The first-order valence-corrected chi connectivity index (χ1v) is 8.55. The zero-order valence-electron chi connectivity index (χ0n) is 14.7. The van der Waals surface area contributed by atoms with Gasteiger partial charge in [0.2, 0.25) is 5.89 Å². The van der Waals surface area contributed by atoms with E-state index in [9.17, 15) is 4.79 Å². The highest BCUT2D eigenvalue weighted by Gasteiger charge is 2.32. The van der Waals surface area contributed by atoms with E-state index in [0.717, 1.165) is 12.8 Å². The molecule has 1 atom stereocenters. The summed E-state index contributed by atoms with van der Waals surface area (Å²) in [5.41, 5.74) is 1.08. The molecule has 1 aliphatic heterocycles. The predicted molar refractivity (Wildman–Crippen MR) is 88.9 cm³/mol. The molecule has 0 bridgehead atoms. The lowest BCUT2D eigenvalue weighted by atomic mass is 9.91. The Balaban J connectivity index is 1.85. The molecule has 1 aliphatic rings. The molecular formula is C17H23N5O3. The average molecular weight is 345 g/mol. The normalized spacial score (nSPS) is 16.8. The Labute approximate surface area is 146 Å². The van der Waals surface area contributed by atoms with Gasteiger partial charge in [-0.25, -0.2) is 9.97 Å². The van der Waals surface area contributed by atoms with Crippen molar-refractivity contribution in [1.82, 2.24) is 25.4 Å². The van der Waals surface area contributed by atoms with Gasteiger partial charge in [0, 0.05) is 25.3 Å². The van der Waals surface area contributed by atoms with E-state index < -0.39 is 0 Å². The molecule has 1 saturated heterocycles. The molecule has 3 heterocycles. The number of nitrogens with zero attached hydrogens (tertiary/aromatic N) is 4. The molecule has 134 valence electrons. The summed E-state index contributed by atoms with van der Waals surface area (Å²) in [5.74, 6) is 1.19. The van der Waals surface area contributed by atoms with Gasteiger partial charge in [-0.1, -0.05) is 19.0 Å². The fourth-order valence-electron chi connectivity index (χ4n) is 2.87. The summed E-state index contributed by atoms with van der Waals surface area (Å²) in [5, 5.41) is 7.08. The van der Waals surface area contributed by atoms with Crippen LogP contribution in [0.25, 0.3) is 0 Å². The van der Waals surface area contributed by atoms with E-state index >= 15 is 0 Å². The Morgan fingerprint density at radius 1 is 1.32 bits per heavy atom. The smallest absolute Gasteiger partial charge is 0.255 e. The maximum atomic E-state index is 12.7. The third kappa shape index (κ3) is 4.01. The number of aryl methyl sites for hydroxylation is 1. The summed E-state index contributed by atoms with van der Waals surface area (Å²) in [7, 11) is 0. The number of ether oxygens (including phenoxy) is 1. The SMILES string of the molecule is Cc1ncncc1C(=O)N[C@@H](c1nc(C(C)C)no1)C1CCOCC1. The fourth-order valence-corrected chi connectivity index (χ4v) is 2.87. The summed E-state index contributed by atoms with van der Waals surface area (Å²) in [4.78, 5) is 25.2. The largest absolute Gasteiger partial charge is 0.381 e. The molecule has 1 fully saturated rings. The number of hydrogen-bond acceptors (Lipinski definition) is 7. The molecule has 0 saturated carbocycles. The molecule has 25 heavy (non-hydrogen) atoms. The van der Waals surface area contributed by atoms with Crippen LogP contribution in [0.2, 0.25) is 0 Å². The number of aromatic nitrogens is 4. The highest BCUT2D eigenvalue weighted by atomic mass is 16.5. The Hall–Kier alpha value is -2.35. The number of carbonyl (C=O) groups excluding carboxylic acids is 1. The Bertz CT molecular complexity index is 725. The summed E-state index contributed by atoms with van der Waals surface area (Å²) < 4.78 is 10.9. The molecule has 0 aliphatic carbocycles. The second-order valence-electron chi connectivity index (χ2n) is 6.57. The van der Waals surface area contributed by atoms with Crippen molar-refractivity contribution in [3.05, 3.63) is 35.5 Å². The predicted octanol–water partition coefficient (Wildman–Crippen LogP) is 2.19. The first-order valence-electron chi connectivity index (χ1n) is 8.55. The van der Waals surface area contributed by atoms with Gasteiger partial charge in [0.15, 0.2) is 5.82 Å². The minimum Gasteiger partial charge on any atom is -0.381 e. The number of rotatable bonds is 5. The lowest BCUT2D eigenvalue weighted by Crippen LogP contribution is -2.36. The topological polar surface area (TPSA) is 103 Å². The molecule has 1 N–H and O–H groups in total. The van der Waals surface area contributed by atoms with Gasteiger partial charge < -0.3 is 14.6 Å². The number of amides is 1. The zero-order valence-corrected chi connectivity index (χ0v) is 14.7.